The second kappa shape index (κ2) is 5.24. The van der Waals surface area contributed by atoms with Crippen molar-refractivity contribution in [2.45, 2.75) is 32.0 Å². The van der Waals surface area contributed by atoms with Gasteiger partial charge >= 0.3 is 18.2 Å². The number of carboxylic acids is 1. The van der Waals surface area contributed by atoms with Crippen LogP contribution >= 0.6 is 0 Å². The summed E-state index contributed by atoms with van der Waals surface area (Å²) in [5.74, 6) is -2.15. The summed E-state index contributed by atoms with van der Waals surface area (Å²) in [5, 5.41) is 10.1. The molecule has 0 aliphatic rings. The first kappa shape index (κ1) is 15.5. The number of carbonyl (C=O) groups is 2. The zero-order valence-electron chi connectivity index (χ0n) is 9.76. The van der Waals surface area contributed by atoms with E-state index < -0.39 is 23.7 Å². The quantitative estimate of drug-likeness (QED) is 0.799. The second-order valence-corrected chi connectivity index (χ2v) is 3.78. The highest BCUT2D eigenvalue weighted by atomic mass is 19.4. The average molecular weight is 256 g/mol. The number of aliphatic carboxylic acids is 1. The van der Waals surface area contributed by atoms with Gasteiger partial charge in [0.25, 0.3) is 0 Å². The molecule has 0 rings (SSSR count). The van der Waals surface area contributed by atoms with Crippen molar-refractivity contribution in [2.24, 2.45) is 0 Å². The number of carbonyl (C=O) groups excluding carboxylic acids is 1. The molecule has 0 aromatic heterocycles. The zero-order valence-corrected chi connectivity index (χ0v) is 9.76. The highest BCUT2D eigenvalue weighted by Crippen LogP contribution is 2.30. The van der Waals surface area contributed by atoms with E-state index in [0.717, 1.165) is 4.90 Å². The van der Waals surface area contributed by atoms with Gasteiger partial charge in [-0.2, -0.15) is 13.2 Å². The van der Waals surface area contributed by atoms with Gasteiger partial charge < -0.3 is 15.3 Å². The van der Waals surface area contributed by atoms with Gasteiger partial charge in [0.15, 0.2) is 0 Å². The molecule has 0 fully saturated rings. The number of nitrogens with zero attached hydrogens (tertiary/aromatic N) is 1. The molecule has 2 N–H and O–H groups in total. The number of amides is 2. The number of rotatable bonds is 4. The van der Waals surface area contributed by atoms with E-state index in [2.05, 4.69) is 0 Å². The van der Waals surface area contributed by atoms with Gasteiger partial charge in [-0.3, -0.25) is 0 Å². The van der Waals surface area contributed by atoms with E-state index in [0.29, 0.717) is 13.3 Å². The van der Waals surface area contributed by atoms with Crippen LogP contribution in [0.2, 0.25) is 0 Å². The normalized spacial score (nSPS) is 14.9. The smallest absolute Gasteiger partial charge is 0.422 e. The van der Waals surface area contributed by atoms with Crippen LogP contribution in [0.25, 0.3) is 0 Å². The summed E-state index contributed by atoms with van der Waals surface area (Å²) in [5.41, 5.74) is -3.29. The monoisotopic (exact) mass is 256 g/mol. The molecule has 0 aliphatic carbocycles. The zero-order chi connectivity index (χ0) is 13.9. The molecular weight excluding hydrogens is 241 g/mol. The highest BCUT2D eigenvalue weighted by Gasteiger charge is 2.58. The maximum Gasteiger partial charge on any atom is 0.422 e. The van der Waals surface area contributed by atoms with E-state index in [-0.39, 0.29) is 6.54 Å². The molecule has 1 atom stereocenters. The second-order valence-electron chi connectivity index (χ2n) is 3.78. The largest absolute Gasteiger partial charge is 0.479 e. The summed E-state index contributed by atoms with van der Waals surface area (Å²) >= 11 is 0. The van der Waals surface area contributed by atoms with Crippen LogP contribution in [0.3, 0.4) is 0 Å². The summed E-state index contributed by atoms with van der Waals surface area (Å²) in [4.78, 5) is 23.0. The van der Waals surface area contributed by atoms with Gasteiger partial charge in [0.1, 0.15) is 0 Å². The molecule has 2 amide bonds. The van der Waals surface area contributed by atoms with Crippen LogP contribution in [-0.2, 0) is 4.79 Å². The van der Waals surface area contributed by atoms with E-state index in [9.17, 15) is 22.8 Å². The van der Waals surface area contributed by atoms with Crippen LogP contribution in [0.15, 0.2) is 0 Å². The number of hydrogen-bond donors (Lipinski definition) is 2. The Hall–Kier alpha value is -1.47. The number of alkyl halides is 3. The number of urea groups is 1. The number of carboxylic acid groups (broad SMARTS) is 1. The molecule has 0 aliphatic heterocycles. The van der Waals surface area contributed by atoms with Gasteiger partial charge in [0.05, 0.1) is 0 Å². The first-order chi connectivity index (χ1) is 7.56. The van der Waals surface area contributed by atoms with Crippen LogP contribution in [0.1, 0.15) is 20.3 Å². The number of halogens is 3. The van der Waals surface area contributed by atoms with Crippen molar-refractivity contribution in [3.63, 3.8) is 0 Å². The van der Waals surface area contributed by atoms with Crippen LogP contribution in [0.5, 0.6) is 0 Å². The van der Waals surface area contributed by atoms with Gasteiger partial charge in [0.2, 0.25) is 5.54 Å². The first-order valence-corrected chi connectivity index (χ1v) is 4.89. The van der Waals surface area contributed by atoms with Gasteiger partial charge in [-0.15, -0.1) is 0 Å². The Labute approximate surface area is 96.6 Å². The predicted molar refractivity (Wildman–Crippen MR) is 53.5 cm³/mol. The van der Waals surface area contributed by atoms with Crippen LogP contribution in [0, 0.1) is 0 Å². The van der Waals surface area contributed by atoms with Crippen molar-refractivity contribution in [3.05, 3.63) is 0 Å². The van der Waals surface area contributed by atoms with Crippen LogP contribution in [-0.4, -0.2) is 47.3 Å². The topological polar surface area (TPSA) is 69.6 Å². The van der Waals surface area contributed by atoms with Crippen molar-refractivity contribution in [3.8, 4) is 0 Å². The molecule has 100 valence electrons. The Morgan fingerprint density at radius 1 is 1.35 bits per heavy atom. The third kappa shape index (κ3) is 3.50. The van der Waals surface area contributed by atoms with Crippen molar-refractivity contribution >= 4 is 12.0 Å². The van der Waals surface area contributed by atoms with Gasteiger partial charge in [-0.05, 0) is 13.3 Å². The minimum absolute atomic E-state index is 0.236. The minimum atomic E-state index is -5.07. The lowest BCUT2D eigenvalue weighted by Crippen LogP contribution is -2.63. The molecule has 0 radical (unpaired) electrons. The number of hydrogen-bond acceptors (Lipinski definition) is 2. The summed E-state index contributed by atoms with van der Waals surface area (Å²) in [6.45, 7) is 2.39. The molecule has 1 unspecified atom stereocenters. The average Bonchev–Trinajstić information content (AvgIpc) is 2.15. The molecular formula is C9H15F3N2O3. The predicted octanol–water partition coefficient (Wildman–Crippen LogP) is 1.44. The van der Waals surface area contributed by atoms with Crippen LogP contribution < -0.4 is 5.32 Å². The lowest BCUT2D eigenvalue weighted by Gasteiger charge is -2.30. The standard InChI is InChI=1S/C9H15F3N2O3/c1-4-5-14(3)7(17)13-8(2,6(15)16)9(10,11)12/h4-5H2,1-3H3,(H,13,17)(H,15,16). The molecule has 0 saturated heterocycles. The molecule has 0 saturated carbocycles. The summed E-state index contributed by atoms with van der Waals surface area (Å²) < 4.78 is 37.7. The van der Waals surface area contributed by atoms with E-state index in [1.165, 1.54) is 12.4 Å². The first-order valence-electron chi connectivity index (χ1n) is 4.89. The fourth-order valence-electron chi connectivity index (χ4n) is 0.992. The van der Waals surface area contributed by atoms with Crippen molar-refractivity contribution in [1.29, 1.82) is 0 Å². The van der Waals surface area contributed by atoms with E-state index >= 15 is 0 Å². The lowest BCUT2D eigenvalue weighted by molar-refractivity contribution is -0.203. The van der Waals surface area contributed by atoms with E-state index in [1.807, 2.05) is 0 Å². The van der Waals surface area contributed by atoms with Gasteiger partial charge in [-0.1, -0.05) is 6.92 Å². The Bertz CT molecular complexity index is 306. The van der Waals surface area contributed by atoms with Crippen molar-refractivity contribution in [2.75, 3.05) is 13.6 Å². The Morgan fingerprint density at radius 2 is 1.82 bits per heavy atom. The Balaban J connectivity index is 4.92. The molecule has 0 heterocycles. The van der Waals surface area contributed by atoms with E-state index in [1.54, 1.807) is 6.92 Å². The highest BCUT2D eigenvalue weighted by molar-refractivity contribution is 5.86. The minimum Gasteiger partial charge on any atom is -0.479 e. The summed E-state index contributed by atoms with van der Waals surface area (Å²) in [6.07, 6.45) is -4.51. The fraction of sp³-hybridized carbons (Fsp3) is 0.778. The van der Waals surface area contributed by atoms with Crippen LogP contribution in [0.4, 0.5) is 18.0 Å². The Kier molecular flexibility index (Phi) is 4.79. The van der Waals surface area contributed by atoms with Crippen molar-refractivity contribution < 1.29 is 27.9 Å². The molecule has 0 aromatic carbocycles. The third-order valence-electron chi connectivity index (χ3n) is 2.26. The van der Waals surface area contributed by atoms with Gasteiger partial charge in [-0.25, -0.2) is 9.59 Å². The maximum absolute atomic E-state index is 12.6. The third-order valence-corrected chi connectivity index (χ3v) is 2.26. The fourth-order valence-corrected chi connectivity index (χ4v) is 0.992. The lowest BCUT2D eigenvalue weighted by atomic mass is 10.0. The molecule has 17 heavy (non-hydrogen) atoms. The van der Waals surface area contributed by atoms with Gasteiger partial charge in [0, 0.05) is 13.6 Å². The van der Waals surface area contributed by atoms with Crippen molar-refractivity contribution in [1.82, 2.24) is 10.2 Å². The summed E-state index contributed by atoms with van der Waals surface area (Å²) in [6, 6.07) is -1.07. The molecule has 8 heteroatoms. The SMILES string of the molecule is CCCN(C)C(=O)NC(C)(C(=O)O)C(F)(F)F. The molecule has 0 aromatic rings. The summed E-state index contributed by atoms with van der Waals surface area (Å²) in [7, 11) is 1.29. The maximum atomic E-state index is 12.6. The Morgan fingerprint density at radius 3 is 2.12 bits per heavy atom. The molecule has 0 bridgehead atoms. The molecule has 5 nitrogen and oxygen atoms in total. The molecule has 0 spiro atoms. The number of nitrogens with one attached hydrogen (secondary N) is 1. The van der Waals surface area contributed by atoms with E-state index in [4.69, 9.17) is 5.11 Å².